The molecule has 1 heterocycles. The minimum atomic E-state index is -1.12. The summed E-state index contributed by atoms with van der Waals surface area (Å²) in [5.74, 6) is -0.836. The summed E-state index contributed by atoms with van der Waals surface area (Å²) in [7, 11) is 1.09. The first kappa shape index (κ1) is 13.6. The average Bonchev–Trinajstić information content (AvgIpc) is 2.33. The molecule has 18 heavy (non-hydrogen) atoms. The number of aryl methyl sites for hydroxylation is 1. The van der Waals surface area contributed by atoms with Gasteiger partial charge in [-0.2, -0.15) is 0 Å². The monoisotopic (exact) mass is 257 g/mol. The molecule has 0 radical (unpaired) electrons. The van der Waals surface area contributed by atoms with E-state index in [2.05, 4.69) is 4.74 Å². The molecule has 0 aliphatic carbocycles. The van der Waals surface area contributed by atoms with E-state index in [1.165, 1.54) is 0 Å². The fraction of sp³-hybridized carbons (Fsp3) is 0.444. The first-order valence-electron chi connectivity index (χ1n) is 4.97. The van der Waals surface area contributed by atoms with Gasteiger partial charge in [-0.05, 0) is 6.92 Å². The summed E-state index contributed by atoms with van der Waals surface area (Å²) in [4.78, 5) is 44.2. The molecular weight excluding hydrogens is 246 g/mol. The maximum Gasteiger partial charge on any atom is 0.350 e. The van der Waals surface area contributed by atoms with Crippen molar-refractivity contribution in [2.45, 2.75) is 20.0 Å². The molecular formula is C9H11N3O6. The van der Waals surface area contributed by atoms with Crippen LogP contribution < -0.4 is 11.2 Å². The molecule has 0 saturated heterocycles. The molecule has 0 amide bonds. The predicted octanol–water partition coefficient (Wildman–Crippen LogP) is -0.889. The van der Waals surface area contributed by atoms with Crippen molar-refractivity contribution in [2.75, 3.05) is 7.11 Å². The zero-order valence-corrected chi connectivity index (χ0v) is 9.78. The van der Waals surface area contributed by atoms with Crippen molar-refractivity contribution in [3.8, 4) is 0 Å². The fourth-order valence-electron chi connectivity index (χ4n) is 1.32. The number of nitro groups is 1. The van der Waals surface area contributed by atoms with Gasteiger partial charge in [0.2, 0.25) is 0 Å². The second-order valence-electron chi connectivity index (χ2n) is 3.31. The van der Waals surface area contributed by atoms with Gasteiger partial charge in [0, 0.05) is 6.54 Å². The van der Waals surface area contributed by atoms with E-state index in [1.807, 2.05) is 0 Å². The third-order valence-corrected chi connectivity index (χ3v) is 2.27. The van der Waals surface area contributed by atoms with Gasteiger partial charge in [0.05, 0.1) is 18.2 Å². The van der Waals surface area contributed by atoms with E-state index in [0.717, 1.165) is 17.9 Å². The topological polar surface area (TPSA) is 113 Å². The van der Waals surface area contributed by atoms with Gasteiger partial charge in [-0.25, -0.2) is 9.36 Å². The third kappa shape index (κ3) is 2.44. The Labute approximate surface area is 100 Å². The zero-order chi connectivity index (χ0) is 13.9. The van der Waals surface area contributed by atoms with E-state index in [1.54, 1.807) is 6.92 Å². The van der Waals surface area contributed by atoms with Gasteiger partial charge >= 0.3 is 22.9 Å². The highest BCUT2D eigenvalue weighted by atomic mass is 16.6. The number of carbonyl (C=O) groups excluding carboxylic acids is 1. The minimum Gasteiger partial charge on any atom is -0.468 e. The van der Waals surface area contributed by atoms with Crippen LogP contribution in [0.4, 0.5) is 5.69 Å². The second kappa shape index (κ2) is 5.25. The number of hydrogen-bond acceptors (Lipinski definition) is 6. The zero-order valence-electron chi connectivity index (χ0n) is 9.78. The molecule has 0 fully saturated rings. The summed E-state index contributed by atoms with van der Waals surface area (Å²) in [6.45, 7) is 1.06. The van der Waals surface area contributed by atoms with Crippen LogP contribution in [0.25, 0.3) is 0 Å². The smallest absolute Gasteiger partial charge is 0.350 e. The van der Waals surface area contributed by atoms with Crippen LogP contribution in [0.3, 0.4) is 0 Å². The Balaban J connectivity index is 3.52. The van der Waals surface area contributed by atoms with E-state index in [9.17, 15) is 24.5 Å². The molecule has 9 nitrogen and oxygen atoms in total. The number of aromatic nitrogens is 2. The van der Waals surface area contributed by atoms with E-state index < -0.39 is 34.4 Å². The molecule has 0 unspecified atom stereocenters. The molecule has 9 heteroatoms. The Kier molecular flexibility index (Phi) is 3.97. The first-order chi connectivity index (χ1) is 8.42. The molecule has 0 saturated carbocycles. The Morgan fingerprint density at radius 1 is 1.50 bits per heavy atom. The number of rotatable bonds is 4. The highest BCUT2D eigenvalue weighted by Crippen LogP contribution is 2.00. The molecule has 0 spiro atoms. The second-order valence-corrected chi connectivity index (χ2v) is 3.31. The fourth-order valence-corrected chi connectivity index (χ4v) is 1.32. The van der Waals surface area contributed by atoms with Crippen molar-refractivity contribution >= 4 is 11.7 Å². The standard InChI is InChI=1S/C9H11N3O6/c1-3-10-4-6(12(16)17)8(14)11(9(10)15)5-7(13)18-2/h4H,3,5H2,1-2H3. The largest absolute Gasteiger partial charge is 0.468 e. The van der Waals surface area contributed by atoms with E-state index in [4.69, 9.17) is 0 Å². The van der Waals surface area contributed by atoms with E-state index >= 15 is 0 Å². The Hall–Kier alpha value is -2.45. The molecule has 0 aliphatic heterocycles. The summed E-state index contributed by atoms with van der Waals surface area (Å²) in [6.07, 6.45) is 0.860. The van der Waals surface area contributed by atoms with Gasteiger partial charge in [0.15, 0.2) is 0 Å². The Morgan fingerprint density at radius 3 is 2.56 bits per heavy atom. The van der Waals surface area contributed by atoms with Gasteiger partial charge in [-0.15, -0.1) is 0 Å². The lowest BCUT2D eigenvalue weighted by molar-refractivity contribution is -0.387. The van der Waals surface area contributed by atoms with Gasteiger partial charge < -0.3 is 4.74 Å². The van der Waals surface area contributed by atoms with Crippen LogP contribution in [0.1, 0.15) is 6.92 Å². The molecule has 0 bridgehead atoms. The molecule has 1 aromatic rings. The third-order valence-electron chi connectivity index (χ3n) is 2.27. The maximum absolute atomic E-state index is 11.7. The van der Waals surface area contributed by atoms with Crippen LogP contribution in [0.15, 0.2) is 15.8 Å². The predicted molar refractivity (Wildman–Crippen MR) is 59.3 cm³/mol. The molecule has 0 aliphatic rings. The number of esters is 1. The van der Waals surface area contributed by atoms with Gasteiger partial charge in [0.25, 0.3) is 0 Å². The average molecular weight is 257 g/mol. The lowest BCUT2D eigenvalue weighted by Gasteiger charge is -2.07. The summed E-state index contributed by atoms with van der Waals surface area (Å²) >= 11 is 0. The Bertz CT molecular complexity index is 599. The Morgan fingerprint density at radius 2 is 2.11 bits per heavy atom. The molecule has 1 aromatic heterocycles. The maximum atomic E-state index is 11.7. The van der Waals surface area contributed by atoms with Crippen molar-refractivity contribution in [1.82, 2.24) is 9.13 Å². The lowest BCUT2D eigenvalue weighted by Crippen LogP contribution is -2.42. The summed E-state index contributed by atoms with van der Waals surface area (Å²) < 4.78 is 5.78. The van der Waals surface area contributed by atoms with Crippen LogP contribution in [-0.4, -0.2) is 27.1 Å². The summed E-state index contributed by atoms with van der Waals surface area (Å²) in [6, 6.07) is 0. The molecule has 0 N–H and O–H groups in total. The van der Waals surface area contributed by atoms with Gasteiger partial charge in [0.1, 0.15) is 6.54 Å². The van der Waals surface area contributed by atoms with Crippen LogP contribution in [0.5, 0.6) is 0 Å². The molecule has 98 valence electrons. The van der Waals surface area contributed by atoms with Gasteiger partial charge in [-0.3, -0.25) is 24.3 Å². The van der Waals surface area contributed by atoms with Crippen molar-refractivity contribution < 1.29 is 14.5 Å². The normalized spacial score (nSPS) is 10.1. The van der Waals surface area contributed by atoms with Crippen molar-refractivity contribution in [2.24, 2.45) is 0 Å². The number of ether oxygens (including phenoxy) is 1. The molecule has 1 rings (SSSR count). The van der Waals surface area contributed by atoms with E-state index in [0.29, 0.717) is 4.57 Å². The first-order valence-corrected chi connectivity index (χ1v) is 4.97. The highest BCUT2D eigenvalue weighted by molar-refractivity contribution is 5.68. The summed E-state index contributed by atoms with van der Waals surface area (Å²) in [5, 5.41) is 10.7. The van der Waals surface area contributed by atoms with Crippen molar-refractivity contribution in [3.05, 3.63) is 37.1 Å². The van der Waals surface area contributed by atoms with Crippen LogP contribution in [-0.2, 0) is 22.6 Å². The number of carbonyl (C=O) groups is 1. The number of hydrogen-bond donors (Lipinski definition) is 0. The SMILES string of the molecule is CCn1cc([N+](=O)[O-])c(=O)n(CC(=O)OC)c1=O. The van der Waals surface area contributed by atoms with Crippen LogP contribution >= 0.6 is 0 Å². The minimum absolute atomic E-state index is 0.140. The van der Waals surface area contributed by atoms with Gasteiger partial charge in [-0.1, -0.05) is 0 Å². The lowest BCUT2D eigenvalue weighted by atomic mass is 10.4. The molecule has 0 atom stereocenters. The highest BCUT2D eigenvalue weighted by Gasteiger charge is 2.20. The summed E-state index contributed by atoms with van der Waals surface area (Å²) in [5.41, 5.74) is -2.68. The van der Waals surface area contributed by atoms with Crippen molar-refractivity contribution in [3.63, 3.8) is 0 Å². The molecule has 0 aromatic carbocycles. The van der Waals surface area contributed by atoms with Crippen LogP contribution in [0.2, 0.25) is 0 Å². The van der Waals surface area contributed by atoms with E-state index in [-0.39, 0.29) is 6.54 Å². The number of methoxy groups -OCH3 is 1. The quantitative estimate of drug-likeness (QED) is 0.393. The van der Waals surface area contributed by atoms with Crippen molar-refractivity contribution in [1.29, 1.82) is 0 Å². The van der Waals surface area contributed by atoms with Crippen LogP contribution in [0, 0.1) is 10.1 Å². The number of nitrogens with zero attached hydrogens (tertiary/aromatic N) is 3.